The van der Waals surface area contributed by atoms with Crippen LogP contribution in [0.1, 0.15) is 16.3 Å². The predicted octanol–water partition coefficient (Wildman–Crippen LogP) is 3.17. The van der Waals surface area contributed by atoms with E-state index in [1.807, 2.05) is 14.0 Å². The minimum absolute atomic E-state index is 0.842. The molecule has 98 valence electrons. The second kappa shape index (κ2) is 5.15. The van der Waals surface area contributed by atoms with Crippen LogP contribution >= 0.6 is 11.3 Å². The molecule has 3 rings (SSSR count). The Morgan fingerprint density at radius 3 is 2.89 bits per heavy atom. The zero-order valence-corrected chi connectivity index (χ0v) is 12.0. The van der Waals surface area contributed by atoms with Crippen molar-refractivity contribution in [2.75, 3.05) is 7.05 Å². The Kier molecular flexibility index (Phi) is 3.36. The monoisotopic (exact) mass is 271 g/mol. The van der Waals surface area contributed by atoms with Gasteiger partial charge in [-0.25, -0.2) is 4.98 Å². The molecule has 0 aliphatic heterocycles. The third kappa shape index (κ3) is 2.41. The van der Waals surface area contributed by atoms with Crippen molar-refractivity contribution in [3.63, 3.8) is 0 Å². The first-order valence-electron chi connectivity index (χ1n) is 6.40. The lowest BCUT2D eigenvalue weighted by Gasteiger charge is -2.02. The SMILES string of the molecule is CNCc1cn(Cc2csc(C)n2)c2ccccc12. The van der Waals surface area contributed by atoms with Gasteiger partial charge in [0, 0.05) is 29.0 Å². The number of nitrogens with one attached hydrogen (secondary N) is 1. The van der Waals surface area contributed by atoms with E-state index in [1.165, 1.54) is 16.5 Å². The van der Waals surface area contributed by atoms with Crippen molar-refractivity contribution in [1.29, 1.82) is 0 Å². The first kappa shape index (κ1) is 12.4. The predicted molar refractivity (Wildman–Crippen MR) is 80.7 cm³/mol. The second-order valence-electron chi connectivity index (χ2n) is 4.69. The largest absolute Gasteiger partial charge is 0.341 e. The molecule has 1 aromatic carbocycles. The number of thiazole rings is 1. The molecule has 2 heterocycles. The number of para-hydroxylation sites is 1. The molecule has 0 spiro atoms. The molecule has 3 aromatic rings. The Bertz CT molecular complexity index is 696. The topological polar surface area (TPSA) is 29.9 Å². The van der Waals surface area contributed by atoms with E-state index >= 15 is 0 Å². The molecule has 3 nitrogen and oxygen atoms in total. The van der Waals surface area contributed by atoms with E-state index < -0.39 is 0 Å². The lowest BCUT2D eigenvalue weighted by Crippen LogP contribution is -2.04. The quantitative estimate of drug-likeness (QED) is 0.790. The van der Waals surface area contributed by atoms with E-state index in [0.29, 0.717) is 0 Å². The van der Waals surface area contributed by atoms with Crippen LogP contribution in [0.25, 0.3) is 10.9 Å². The Balaban J connectivity index is 2.03. The van der Waals surface area contributed by atoms with Gasteiger partial charge in [-0.3, -0.25) is 0 Å². The zero-order chi connectivity index (χ0) is 13.2. The molecule has 0 aliphatic rings. The van der Waals surface area contributed by atoms with Crippen molar-refractivity contribution in [2.24, 2.45) is 0 Å². The van der Waals surface area contributed by atoms with Gasteiger partial charge in [-0.15, -0.1) is 11.3 Å². The lowest BCUT2D eigenvalue weighted by atomic mass is 10.2. The fraction of sp³-hybridized carbons (Fsp3) is 0.267. The number of aromatic nitrogens is 2. The number of hydrogen-bond donors (Lipinski definition) is 1. The summed E-state index contributed by atoms with van der Waals surface area (Å²) in [7, 11) is 1.98. The zero-order valence-electron chi connectivity index (χ0n) is 11.2. The van der Waals surface area contributed by atoms with Gasteiger partial charge in [0.05, 0.1) is 17.2 Å². The first-order valence-corrected chi connectivity index (χ1v) is 7.28. The molecule has 0 radical (unpaired) electrons. The molecule has 0 saturated heterocycles. The van der Waals surface area contributed by atoms with Crippen LogP contribution in [0.2, 0.25) is 0 Å². The maximum Gasteiger partial charge on any atom is 0.0898 e. The summed E-state index contributed by atoms with van der Waals surface area (Å²) in [6, 6.07) is 8.55. The molecule has 0 amide bonds. The van der Waals surface area contributed by atoms with Crippen molar-refractivity contribution in [1.82, 2.24) is 14.9 Å². The summed E-state index contributed by atoms with van der Waals surface area (Å²) in [6.45, 7) is 3.78. The van der Waals surface area contributed by atoms with E-state index in [0.717, 1.165) is 23.8 Å². The van der Waals surface area contributed by atoms with Crippen molar-refractivity contribution >= 4 is 22.2 Å². The van der Waals surface area contributed by atoms with Gasteiger partial charge in [0.25, 0.3) is 0 Å². The number of fused-ring (bicyclic) bond motifs is 1. The molecule has 19 heavy (non-hydrogen) atoms. The molecule has 0 aliphatic carbocycles. The third-order valence-corrected chi connectivity index (χ3v) is 4.06. The van der Waals surface area contributed by atoms with Gasteiger partial charge < -0.3 is 9.88 Å². The molecule has 4 heteroatoms. The van der Waals surface area contributed by atoms with Crippen molar-refractivity contribution in [2.45, 2.75) is 20.0 Å². The van der Waals surface area contributed by atoms with Gasteiger partial charge in [-0.05, 0) is 25.6 Å². The summed E-state index contributed by atoms with van der Waals surface area (Å²) in [6.07, 6.45) is 2.23. The first-order chi connectivity index (χ1) is 9.28. The minimum atomic E-state index is 0.842. The summed E-state index contributed by atoms with van der Waals surface area (Å²) in [5.74, 6) is 0. The van der Waals surface area contributed by atoms with Crippen LogP contribution in [0.3, 0.4) is 0 Å². The van der Waals surface area contributed by atoms with Crippen molar-refractivity contribution in [3.05, 3.63) is 52.1 Å². The average molecular weight is 271 g/mol. The third-order valence-electron chi connectivity index (χ3n) is 3.24. The molecular weight excluding hydrogens is 254 g/mol. The van der Waals surface area contributed by atoms with E-state index in [2.05, 4.69) is 50.7 Å². The minimum Gasteiger partial charge on any atom is -0.341 e. The normalized spacial score (nSPS) is 11.3. The maximum atomic E-state index is 4.55. The van der Waals surface area contributed by atoms with Crippen LogP contribution in [0.4, 0.5) is 0 Å². The molecule has 1 N–H and O–H groups in total. The highest BCUT2D eigenvalue weighted by Crippen LogP contribution is 2.22. The maximum absolute atomic E-state index is 4.55. The van der Waals surface area contributed by atoms with Crippen molar-refractivity contribution in [3.8, 4) is 0 Å². The molecule has 0 unspecified atom stereocenters. The Hall–Kier alpha value is -1.65. The van der Waals surface area contributed by atoms with E-state index in [4.69, 9.17) is 0 Å². The molecule has 0 bridgehead atoms. The smallest absolute Gasteiger partial charge is 0.0898 e. The van der Waals surface area contributed by atoms with Gasteiger partial charge in [0.15, 0.2) is 0 Å². The lowest BCUT2D eigenvalue weighted by molar-refractivity contribution is 0.784. The number of rotatable bonds is 4. The fourth-order valence-corrected chi connectivity index (χ4v) is 3.04. The van der Waals surface area contributed by atoms with Crippen LogP contribution in [-0.2, 0) is 13.1 Å². The second-order valence-corrected chi connectivity index (χ2v) is 5.75. The highest BCUT2D eigenvalue weighted by atomic mass is 32.1. The Morgan fingerprint density at radius 2 is 2.16 bits per heavy atom. The highest BCUT2D eigenvalue weighted by molar-refractivity contribution is 7.09. The Morgan fingerprint density at radius 1 is 1.32 bits per heavy atom. The van der Waals surface area contributed by atoms with Gasteiger partial charge in [0.1, 0.15) is 0 Å². The number of nitrogens with zero attached hydrogens (tertiary/aromatic N) is 2. The summed E-state index contributed by atoms with van der Waals surface area (Å²) >= 11 is 1.71. The van der Waals surface area contributed by atoms with Crippen LogP contribution in [0.15, 0.2) is 35.8 Å². The molecule has 2 aromatic heterocycles. The molecular formula is C15H17N3S. The summed E-state index contributed by atoms with van der Waals surface area (Å²) in [5.41, 5.74) is 3.75. The van der Waals surface area contributed by atoms with E-state index in [1.54, 1.807) is 11.3 Å². The molecule has 0 fully saturated rings. The van der Waals surface area contributed by atoms with Crippen LogP contribution < -0.4 is 5.32 Å². The number of hydrogen-bond acceptors (Lipinski definition) is 3. The van der Waals surface area contributed by atoms with Crippen molar-refractivity contribution < 1.29 is 0 Å². The van der Waals surface area contributed by atoms with E-state index in [9.17, 15) is 0 Å². The summed E-state index contributed by atoms with van der Waals surface area (Å²) in [5, 5.41) is 7.82. The Labute approximate surface area is 116 Å². The van der Waals surface area contributed by atoms with Gasteiger partial charge >= 0.3 is 0 Å². The summed E-state index contributed by atoms with van der Waals surface area (Å²) in [4.78, 5) is 4.55. The van der Waals surface area contributed by atoms with Gasteiger partial charge in [0.2, 0.25) is 0 Å². The standard InChI is InChI=1S/C15H17N3S/c1-11-17-13(10-19-11)9-18-8-12(7-16-2)14-5-3-4-6-15(14)18/h3-6,8,10,16H,7,9H2,1-2H3. The molecule has 0 atom stereocenters. The molecule has 0 saturated carbocycles. The number of benzene rings is 1. The number of aryl methyl sites for hydroxylation is 1. The summed E-state index contributed by atoms with van der Waals surface area (Å²) < 4.78 is 2.29. The van der Waals surface area contributed by atoms with Gasteiger partial charge in [-0.1, -0.05) is 18.2 Å². The van der Waals surface area contributed by atoms with E-state index in [-0.39, 0.29) is 0 Å². The van der Waals surface area contributed by atoms with Crippen LogP contribution in [-0.4, -0.2) is 16.6 Å². The van der Waals surface area contributed by atoms with Crippen LogP contribution in [0.5, 0.6) is 0 Å². The fourth-order valence-electron chi connectivity index (χ4n) is 2.44. The van der Waals surface area contributed by atoms with Crippen LogP contribution in [0, 0.1) is 6.92 Å². The van der Waals surface area contributed by atoms with Gasteiger partial charge in [-0.2, -0.15) is 0 Å². The highest BCUT2D eigenvalue weighted by Gasteiger charge is 2.08. The average Bonchev–Trinajstić information content (AvgIpc) is 2.97.